The number of aromatic amines is 1. The fraction of sp³-hybridized carbons (Fsp3) is 0.263. The predicted octanol–water partition coefficient (Wildman–Crippen LogP) is 3.73. The lowest BCUT2D eigenvalue weighted by Gasteiger charge is -2.22. The molecule has 0 radical (unpaired) electrons. The average Bonchev–Trinajstić information content (AvgIpc) is 2.91. The summed E-state index contributed by atoms with van der Waals surface area (Å²) in [4.78, 5) is 5.92. The Morgan fingerprint density at radius 1 is 1.14 bits per heavy atom. The lowest BCUT2D eigenvalue weighted by atomic mass is 10.0. The number of nitrogens with one attached hydrogen (secondary N) is 1. The Balaban J connectivity index is 1.61. The van der Waals surface area contributed by atoms with Gasteiger partial charge < -0.3 is 14.6 Å². The lowest BCUT2D eigenvalue weighted by molar-refractivity contribution is 0.306. The van der Waals surface area contributed by atoms with Gasteiger partial charge in [0.2, 0.25) is 0 Å². The van der Waals surface area contributed by atoms with Crippen molar-refractivity contribution in [3.8, 4) is 5.75 Å². The zero-order valence-electron chi connectivity index (χ0n) is 12.8. The lowest BCUT2D eigenvalue weighted by Crippen LogP contribution is -2.25. The van der Waals surface area contributed by atoms with Crippen molar-refractivity contribution in [2.24, 2.45) is 0 Å². The molecule has 1 aliphatic heterocycles. The van der Waals surface area contributed by atoms with Gasteiger partial charge >= 0.3 is 0 Å². The Bertz CT molecular complexity index is 792. The van der Waals surface area contributed by atoms with E-state index >= 15 is 0 Å². The molecule has 22 heavy (non-hydrogen) atoms. The monoisotopic (exact) mass is 292 g/mol. The van der Waals surface area contributed by atoms with Gasteiger partial charge in [-0.1, -0.05) is 30.3 Å². The van der Waals surface area contributed by atoms with Crippen LogP contribution in [0, 0.1) is 0 Å². The molecule has 112 valence electrons. The SMILES string of the molecule is CN1CCc2[nH]c3ccc(OCc4ccccc4)cc3c2C1. The van der Waals surface area contributed by atoms with Crippen LogP contribution in [0.2, 0.25) is 0 Å². The number of aromatic nitrogens is 1. The third-order valence-electron chi connectivity index (χ3n) is 4.39. The minimum absolute atomic E-state index is 0.610. The molecule has 0 spiro atoms. The minimum Gasteiger partial charge on any atom is -0.489 e. The number of H-pyrrole nitrogens is 1. The first-order valence-corrected chi connectivity index (χ1v) is 7.78. The van der Waals surface area contributed by atoms with Gasteiger partial charge in [0.1, 0.15) is 12.4 Å². The van der Waals surface area contributed by atoms with Crippen LogP contribution in [0.4, 0.5) is 0 Å². The summed E-state index contributed by atoms with van der Waals surface area (Å²) >= 11 is 0. The summed E-state index contributed by atoms with van der Waals surface area (Å²) in [5.41, 5.74) is 5.22. The number of rotatable bonds is 3. The van der Waals surface area contributed by atoms with Crippen molar-refractivity contribution in [1.82, 2.24) is 9.88 Å². The van der Waals surface area contributed by atoms with E-state index in [9.17, 15) is 0 Å². The molecule has 0 aliphatic carbocycles. The molecule has 0 bridgehead atoms. The van der Waals surface area contributed by atoms with Crippen LogP contribution in [0.15, 0.2) is 48.5 Å². The molecular formula is C19H20N2O. The fourth-order valence-electron chi connectivity index (χ4n) is 3.16. The van der Waals surface area contributed by atoms with Gasteiger partial charge in [0, 0.05) is 36.1 Å². The van der Waals surface area contributed by atoms with Gasteiger partial charge in [-0.3, -0.25) is 0 Å². The molecule has 1 aliphatic rings. The molecule has 3 heteroatoms. The largest absolute Gasteiger partial charge is 0.489 e. The van der Waals surface area contributed by atoms with Gasteiger partial charge in [-0.05, 0) is 36.4 Å². The number of likely N-dealkylation sites (N-methyl/N-ethyl adjacent to an activating group) is 1. The van der Waals surface area contributed by atoms with Crippen molar-refractivity contribution in [1.29, 1.82) is 0 Å². The van der Waals surface area contributed by atoms with Gasteiger partial charge in [-0.2, -0.15) is 0 Å². The quantitative estimate of drug-likeness (QED) is 0.796. The molecule has 1 N–H and O–H groups in total. The predicted molar refractivity (Wildman–Crippen MR) is 89.1 cm³/mol. The van der Waals surface area contributed by atoms with Crippen LogP contribution in [0.5, 0.6) is 5.75 Å². The molecule has 0 fully saturated rings. The van der Waals surface area contributed by atoms with Crippen molar-refractivity contribution in [3.63, 3.8) is 0 Å². The van der Waals surface area contributed by atoms with E-state index < -0.39 is 0 Å². The van der Waals surface area contributed by atoms with Gasteiger partial charge in [0.25, 0.3) is 0 Å². The molecule has 0 saturated carbocycles. The van der Waals surface area contributed by atoms with Gasteiger partial charge in [0.15, 0.2) is 0 Å². The molecule has 0 atom stereocenters. The Labute approximate surface area is 130 Å². The Kier molecular flexibility index (Phi) is 3.35. The number of hydrogen-bond donors (Lipinski definition) is 1. The van der Waals surface area contributed by atoms with E-state index in [0.29, 0.717) is 6.61 Å². The maximum Gasteiger partial charge on any atom is 0.120 e. The molecule has 2 heterocycles. The topological polar surface area (TPSA) is 28.3 Å². The van der Waals surface area contributed by atoms with Crippen LogP contribution >= 0.6 is 0 Å². The van der Waals surface area contributed by atoms with E-state index in [2.05, 4.69) is 47.3 Å². The molecular weight excluding hydrogens is 272 g/mol. The highest BCUT2D eigenvalue weighted by atomic mass is 16.5. The molecule has 0 amide bonds. The van der Waals surface area contributed by atoms with Crippen molar-refractivity contribution in [3.05, 3.63) is 65.4 Å². The summed E-state index contributed by atoms with van der Waals surface area (Å²) in [6, 6.07) is 16.6. The normalized spacial score (nSPS) is 15.0. The smallest absolute Gasteiger partial charge is 0.120 e. The summed E-state index contributed by atoms with van der Waals surface area (Å²) in [7, 11) is 2.18. The van der Waals surface area contributed by atoms with Crippen molar-refractivity contribution >= 4 is 10.9 Å². The Morgan fingerprint density at radius 3 is 2.86 bits per heavy atom. The minimum atomic E-state index is 0.610. The van der Waals surface area contributed by atoms with E-state index in [1.54, 1.807) is 0 Å². The highest BCUT2D eigenvalue weighted by Crippen LogP contribution is 2.30. The van der Waals surface area contributed by atoms with Crippen molar-refractivity contribution in [2.75, 3.05) is 13.6 Å². The first-order chi connectivity index (χ1) is 10.8. The molecule has 1 aromatic heterocycles. The number of ether oxygens (including phenoxy) is 1. The second-order valence-electron chi connectivity index (χ2n) is 6.05. The van der Waals surface area contributed by atoms with E-state index in [1.807, 2.05) is 18.2 Å². The highest BCUT2D eigenvalue weighted by Gasteiger charge is 2.18. The summed E-state index contributed by atoms with van der Waals surface area (Å²) in [5, 5.41) is 1.30. The van der Waals surface area contributed by atoms with Gasteiger partial charge in [0.05, 0.1) is 0 Å². The third-order valence-corrected chi connectivity index (χ3v) is 4.39. The molecule has 3 aromatic rings. The first kappa shape index (κ1) is 13.4. The number of benzene rings is 2. The number of fused-ring (bicyclic) bond motifs is 3. The summed E-state index contributed by atoms with van der Waals surface area (Å²) in [6.07, 6.45) is 1.10. The van der Waals surface area contributed by atoms with Crippen LogP contribution in [0.3, 0.4) is 0 Å². The highest BCUT2D eigenvalue weighted by molar-refractivity contribution is 5.86. The van der Waals surface area contributed by atoms with Crippen LogP contribution in [0.1, 0.15) is 16.8 Å². The fourth-order valence-corrected chi connectivity index (χ4v) is 3.16. The van der Waals surface area contributed by atoms with Crippen LogP contribution in [-0.4, -0.2) is 23.5 Å². The van der Waals surface area contributed by atoms with Crippen molar-refractivity contribution < 1.29 is 4.74 Å². The van der Waals surface area contributed by atoms with E-state index in [4.69, 9.17) is 4.74 Å². The molecule has 0 unspecified atom stereocenters. The molecule has 2 aromatic carbocycles. The van der Waals surface area contributed by atoms with Crippen molar-refractivity contribution in [2.45, 2.75) is 19.6 Å². The van der Waals surface area contributed by atoms with E-state index in [1.165, 1.54) is 27.7 Å². The summed E-state index contributed by atoms with van der Waals surface area (Å²) in [5.74, 6) is 0.936. The zero-order valence-corrected chi connectivity index (χ0v) is 12.8. The second kappa shape index (κ2) is 5.50. The third kappa shape index (κ3) is 2.48. The Hall–Kier alpha value is -2.26. The number of hydrogen-bond acceptors (Lipinski definition) is 2. The Morgan fingerprint density at radius 2 is 2.00 bits per heavy atom. The second-order valence-corrected chi connectivity index (χ2v) is 6.05. The average molecular weight is 292 g/mol. The maximum absolute atomic E-state index is 5.96. The molecule has 0 saturated heterocycles. The van der Waals surface area contributed by atoms with Gasteiger partial charge in [-0.25, -0.2) is 0 Å². The summed E-state index contributed by atoms with van der Waals surface area (Å²) < 4.78 is 5.96. The van der Waals surface area contributed by atoms with E-state index in [0.717, 1.165) is 25.3 Å². The first-order valence-electron chi connectivity index (χ1n) is 7.78. The molecule has 4 rings (SSSR count). The standard InChI is InChI=1S/C19H20N2O/c1-21-10-9-19-17(12-21)16-11-15(7-8-18(16)20-19)22-13-14-5-3-2-4-6-14/h2-8,11,20H,9-10,12-13H2,1H3. The van der Waals surface area contributed by atoms with E-state index in [-0.39, 0.29) is 0 Å². The van der Waals surface area contributed by atoms with Crippen LogP contribution in [0.25, 0.3) is 10.9 Å². The maximum atomic E-state index is 5.96. The molecule has 3 nitrogen and oxygen atoms in total. The number of nitrogens with zero attached hydrogens (tertiary/aromatic N) is 1. The van der Waals surface area contributed by atoms with Crippen LogP contribution < -0.4 is 4.74 Å². The summed E-state index contributed by atoms with van der Waals surface area (Å²) in [6.45, 7) is 2.74. The van der Waals surface area contributed by atoms with Crippen LogP contribution in [-0.2, 0) is 19.6 Å². The zero-order chi connectivity index (χ0) is 14.9. The van der Waals surface area contributed by atoms with Gasteiger partial charge in [-0.15, -0.1) is 0 Å².